The van der Waals surface area contributed by atoms with Crippen molar-refractivity contribution < 1.29 is 14.4 Å². The van der Waals surface area contributed by atoms with Gasteiger partial charge >= 0.3 is 0 Å². The molecule has 0 aliphatic rings. The summed E-state index contributed by atoms with van der Waals surface area (Å²) in [6, 6.07) is 7.85. The molecule has 0 spiro atoms. The van der Waals surface area contributed by atoms with E-state index in [0.717, 1.165) is 40.9 Å². The number of aryl methyl sites for hydroxylation is 2. The molecule has 3 rings (SSSR count). The molecule has 0 fully saturated rings. The molecule has 0 saturated heterocycles. The SMILES string of the molecule is CCC[C@H](CO)NCc1ccc(OCc2c(-c3ccc(C)nc3)noc2C)nc1. The first-order chi connectivity index (χ1) is 14.1. The zero-order valence-corrected chi connectivity index (χ0v) is 17.2. The molecule has 0 aliphatic heterocycles. The van der Waals surface area contributed by atoms with Crippen LogP contribution in [-0.2, 0) is 13.2 Å². The first-order valence-corrected chi connectivity index (χ1v) is 9.90. The van der Waals surface area contributed by atoms with Crippen LogP contribution in [0.2, 0.25) is 0 Å². The highest BCUT2D eigenvalue weighted by molar-refractivity contribution is 5.62. The van der Waals surface area contributed by atoms with Crippen molar-refractivity contribution in [2.45, 2.75) is 52.8 Å². The van der Waals surface area contributed by atoms with E-state index in [1.807, 2.05) is 38.1 Å². The normalized spacial score (nSPS) is 12.1. The first-order valence-electron chi connectivity index (χ1n) is 9.90. The fraction of sp³-hybridized carbons (Fsp3) is 0.409. The highest BCUT2D eigenvalue weighted by Crippen LogP contribution is 2.26. The van der Waals surface area contributed by atoms with Gasteiger partial charge in [0.1, 0.15) is 18.1 Å². The maximum absolute atomic E-state index is 9.37. The molecule has 7 heteroatoms. The predicted molar refractivity (Wildman–Crippen MR) is 110 cm³/mol. The van der Waals surface area contributed by atoms with Crippen molar-refractivity contribution in [1.29, 1.82) is 0 Å². The molecule has 1 atom stereocenters. The van der Waals surface area contributed by atoms with Gasteiger partial charge in [-0.15, -0.1) is 0 Å². The van der Waals surface area contributed by atoms with Crippen molar-refractivity contribution in [2.75, 3.05) is 6.61 Å². The van der Waals surface area contributed by atoms with Crippen LogP contribution < -0.4 is 10.1 Å². The fourth-order valence-corrected chi connectivity index (χ4v) is 3.01. The van der Waals surface area contributed by atoms with Gasteiger partial charge in [0.15, 0.2) is 0 Å². The summed E-state index contributed by atoms with van der Waals surface area (Å²) >= 11 is 0. The van der Waals surface area contributed by atoms with Gasteiger partial charge < -0.3 is 19.7 Å². The van der Waals surface area contributed by atoms with E-state index in [-0.39, 0.29) is 12.6 Å². The molecule has 0 radical (unpaired) electrons. The molecule has 0 aromatic carbocycles. The van der Waals surface area contributed by atoms with E-state index in [4.69, 9.17) is 9.26 Å². The summed E-state index contributed by atoms with van der Waals surface area (Å²) in [6.07, 6.45) is 5.55. The summed E-state index contributed by atoms with van der Waals surface area (Å²) in [6.45, 7) is 7.03. The summed E-state index contributed by atoms with van der Waals surface area (Å²) in [4.78, 5) is 8.71. The number of aliphatic hydroxyl groups is 1. The Hall–Kier alpha value is -2.77. The number of nitrogens with zero attached hydrogens (tertiary/aromatic N) is 3. The number of nitrogens with one attached hydrogen (secondary N) is 1. The van der Waals surface area contributed by atoms with Crippen molar-refractivity contribution in [2.24, 2.45) is 0 Å². The van der Waals surface area contributed by atoms with Crippen LogP contribution in [0.1, 0.15) is 42.3 Å². The minimum absolute atomic E-state index is 0.113. The van der Waals surface area contributed by atoms with E-state index >= 15 is 0 Å². The standard InChI is InChI=1S/C22H28N4O3/c1-4-5-19(13-27)24-10-17-7-9-21(25-11-17)28-14-20-16(3)29-26-22(20)18-8-6-15(2)23-12-18/h6-9,11-12,19,24,27H,4-5,10,13-14H2,1-3H3/t19-/m1/s1. The lowest BCUT2D eigenvalue weighted by molar-refractivity contribution is 0.234. The average molecular weight is 396 g/mol. The zero-order valence-electron chi connectivity index (χ0n) is 17.2. The van der Waals surface area contributed by atoms with Crippen LogP contribution in [-0.4, -0.2) is 32.9 Å². The van der Waals surface area contributed by atoms with E-state index in [1.54, 1.807) is 12.4 Å². The van der Waals surface area contributed by atoms with Gasteiger partial charge in [0.05, 0.1) is 12.2 Å². The molecular weight excluding hydrogens is 368 g/mol. The lowest BCUT2D eigenvalue weighted by atomic mass is 10.1. The Labute approximate surface area is 171 Å². The summed E-state index contributed by atoms with van der Waals surface area (Å²) in [5.41, 5.74) is 4.51. The van der Waals surface area contributed by atoms with Gasteiger partial charge in [-0.05, 0) is 38.0 Å². The van der Waals surface area contributed by atoms with E-state index in [2.05, 4.69) is 27.4 Å². The molecule has 0 unspecified atom stereocenters. The molecule has 0 saturated carbocycles. The molecular formula is C22H28N4O3. The quantitative estimate of drug-likeness (QED) is 0.541. The van der Waals surface area contributed by atoms with Gasteiger partial charge in [0.25, 0.3) is 0 Å². The van der Waals surface area contributed by atoms with Gasteiger partial charge in [-0.2, -0.15) is 0 Å². The summed E-state index contributed by atoms with van der Waals surface area (Å²) in [5, 5.41) is 16.9. The average Bonchev–Trinajstić information content (AvgIpc) is 3.11. The molecule has 7 nitrogen and oxygen atoms in total. The van der Waals surface area contributed by atoms with Gasteiger partial charge in [-0.25, -0.2) is 4.98 Å². The molecule has 0 amide bonds. The molecule has 0 bridgehead atoms. The minimum Gasteiger partial charge on any atom is -0.473 e. The molecule has 154 valence electrons. The van der Waals surface area contributed by atoms with Crippen LogP contribution >= 0.6 is 0 Å². The third kappa shape index (κ3) is 5.62. The topological polar surface area (TPSA) is 93.3 Å². The zero-order chi connectivity index (χ0) is 20.6. The van der Waals surface area contributed by atoms with Crippen LogP contribution in [0.4, 0.5) is 0 Å². The predicted octanol–water partition coefficient (Wildman–Crippen LogP) is 3.58. The van der Waals surface area contributed by atoms with Gasteiger partial charge in [0.2, 0.25) is 5.88 Å². The number of hydrogen-bond acceptors (Lipinski definition) is 7. The van der Waals surface area contributed by atoms with Gasteiger partial charge in [-0.3, -0.25) is 4.98 Å². The fourth-order valence-electron chi connectivity index (χ4n) is 3.01. The summed E-state index contributed by atoms with van der Waals surface area (Å²) in [5.74, 6) is 1.25. The molecule has 0 aliphatic carbocycles. The molecule has 3 aromatic heterocycles. The number of pyridine rings is 2. The third-order valence-corrected chi connectivity index (χ3v) is 4.78. The maximum Gasteiger partial charge on any atom is 0.213 e. The number of aromatic nitrogens is 3. The smallest absolute Gasteiger partial charge is 0.213 e. The van der Waals surface area contributed by atoms with Crippen molar-refractivity contribution in [1.82, 2.24) is 20.4 Å². The Bertz CT molecular complexity index is 891. The summed E-state index contributed by atoms with van der Waals surface area (Å²) < 4.78 is 11.2. The van der Waals surface area contributed by atoms with E-state index < -0.39 is 0 Å². The lowest BCUT2D eigenvalue weighted by Crippen LogP contribution is -2.31. The number of rotatable bonds is 10. The Balaban J connectivity index is 1.61. The third-order valence-electron chi connectivity index (χ3n) is 4.78. The number of hydrogen-bond donors (Lipinski definition) is 2. The van der Waals surface area contributed by atoms with E-state index in [0.29, 0.717) is 24.8 Å². The minimum atomic E-state index is 0.113. The molecule has 3 aromatic rings. The highest BCUT2D eigenvalue weighted by Gasteiger charge is 2.16. The van der Waals surface area contributed by atoms with Crippen LogP contribution in [0.5, 0.6) is 5.88 Å². The molecule has 3 heterocycles. The van der Waals surface area contributed by atoms with E-state index in [9.17, 15) is 5.11 Å². The monoisotopic (exact) mass is 396 g/mol. The number of aliphatic hydroxyl groups excluding tert-OH is 1. The maximum atomic E-state index is 9.37. The highest BCUT2D eigenvalue weighted by atomic mass is 16.5. The van der Waals surface area contributed by atoms with Crippen LogP contribution in [0.25, 0.3) is 11.3 Å². The Morgan fingerprint density at radius 2 is 2.00 bits per heavy atom. The second kappa shape index (κ2) is 10.1. The van der Waals surface area contributed by atoms with Crippen molar-refractivity contribution in [3.63, 3.8) is 0 Å². The van der Waals surface area contributed by atoms with Crippen LogP contribution in [0, 0.1) is 13.8 Å². The molecule has 29 heavy (non-hydrogen) atoms. The molecule has 2 N–H and O–H groups in total. The van der Waals surface area contributed by atoms with Gasteiger partial charge in [0, 0.05) is 42.3 Å². The lowest BCUT2D eigenvalue weighted by Gasteiger charge is -2.15. The number of ether oxygens (including phenoxy) is 1. The summed E-state index contributed by atoms with van der Waals surface area (Å²) in [7, 11) is 0. The van der Waals surface area contributed by atoms with Crippen molar-refractivity contribution in [3.8, 4) is 17.1 Å². The van der Waals surface area contributed by atoms with Crippen LogP contribution in [0.3, 0.4) is 0 Å². The van der Waals surface area contributed by atoms with Crippen molar-refractivity contribution >= 4 is 0 Å². The van der Waals surface area contributed by atoms with Crippen LogP contribution in [0.15, 0.2) is 41.2 Å². The Kier molecular flexibility index (Phi) is 7.32. The van der Waals surface area contributed by atoms with Crippen molar-refractivity contribution in [3.05, 3.63) is 59.2 Å². The second-order valence-corrected chi connectivity index (χ2v) is 7.10. The van der Waals surface area contributed by atoms with E-state index in [1.165, 1.54) is 0 Å². The Morgan fingerprint density at radius 1 is 1.14 bits per heavy atom. The first kappa shape index (κ1) is 21.0. The largest absolute Gasteiger partial charge is 0.473 e. The van der Waals surface area contributed by atoms with Gasteiger partial charge in [-0.1, -0.05) is 24.6 Å². The second-order valence-electron chi connectivity index (χ2n) is 7.10. The Morgan fingerprint density at radius 3 is 2.66 bits per heavy atom.